The molecule has 164 valence electrons. The van der Waals surface area contributed by atoms with E-state index in [1.54, 1.807) is 35.2 Å². The number of ether oxygens (including phenoxy) is 1. The maximum atomic E-state index is 12.7. The lowest BCUT2D eigenvalue weighted by Crippen LogP contribution is -2.33. The van der Waals surface area contributed by atoms with Crippen molar-refractivity contribution in [2.24, 2.45) is 0 Å². The molecule has 2 heterocycles. The number of nitrogens with zero attached hydrogens (tertiary/aromatic N) is 2. The molecule has 0 saturated carbocycles. The maximum absolute atomic E-state index is 12.7. The molecular weight excluding hydrogens is 424 g/mol. The summed E-state index contributed by atoms with van der Waals surface area (Å²) in [5, 5.41) is 11.6. The van der Waals surface area contributed by atoms with Gasteiger partial charge in [-0.15, -0.1) is 0 Å². The van der Waals surface area contributed by atoms with Crippen molar-refractivity contribution in [1.29, 1.82) is 0 Å². The molecule has 1 aliphatic rings. The van der Waals surface area contributed by atoms with Crippen LogP contribution in [0.25, 0.3) is 22.1 Å². The summed E-state index contributed by atoms with van der Waals surface area (Å²) < 4.78 is 11.0. The number of hydrogen-bond acceptors (Lipinski definition) is 6. The molecule has 4 aromatic rings. The summed E-state index contributed by atoms with van der Waals surface area (Å²) in [6.45, 7) is 0.471. The Morgan fingerprint density at radius 3 is 2.64 bits per heavy atom. The van der Waals surface area contributed by atoms with Crippen molar-refractivity contribution in [3.63, 3.8) is 0 Å². The number of carbonyl (C=O) groups is 1. The SMILES string of the molecule is O=C(COc1ccc2c(-c3ccc([N+](=O)[O-])cc3)cc(=O)oc2c1)N1CCc2ccccc21. The molecule has 3 aromatic carbocycles. The van der Waals surface area contributed by atoms with Crippen molar-refractivity contribution in [3.05, 3.63) is 98.9 Å². The van der Waals surface area contributed by atoms with E-state index in [1.165, 1.54) is 18.2 Å². The van der Waals surface area contributed by atoms with Crippen LogP contribution in [0.2, 0.25) is 0 Å². The van der Waals surface area contributed by atoms with E-state index in [4.69, 9.17) is 9.15 Å². The van der Waals surface area contributed by atoms with Gasteiger partial charge in [0.05, 0.1) is 4.92 Å². The zero-order chi connectivity index (χ0) is 22.9. The van der Waals surface area contributed by atoms with Crippen LogP contribution in [-0.2, 0) is 11.2 Å². The molecule has 33 heavy (non-hydrogen) atoms. The summed E-state index contributed by atoms with van der Waals surface area (Å²) in [5.41, 5.74) is 2.99. The van der Waals surface area contributed by atoms with Gasteiger partial charge in [-0.05, 0) is 53.4 Å². The van der Waals surface area contributed by atoms with Crippen LogP contribution >= 0.6 is 0 Å². The number of fused-ring (bicyclic) bond motifs is 2. The lowest BCUT2D eigenvalue weighted by molar-refractivity contribution is -0.384. The smallest absolute Gasteiger partial charge is 0.336 e. The van der Waals surface area contributed by atoms with Gasteiger partial charge in [-0.2, -0.15) is 0 Å². The monoisotopic (exact) mass is 442 g/mol. The number of hydrogen-bond donors (Lipinski definition) is 0. The fourth-order valence-corrected chi connectivity index (χ4v) is 4.05. The van der Waals surface area contributed by atoms with Crippen LogP contribution in [0.4, 0.5) is 11.4 Å². The van der Waals surface area contributed by atoms with Gasteiger partial charge < -0.3 is 14.1 Å². The molecule has 0 atom stereocenters. The van der Waals surface area contributed by atoms with E-state index in [1.807, 2.05) is 24.3 Å². The fourth-order valence-electron chi connectivity index (χ4n) is 4.05. The first-order valence-corrected chi connectivity index (χ1v) is 10.3. The van der Waals surface area contributed by atoms with Gasteiger partial charge in [0.15, 0.2) is 6.61 Å². The van der Waals surface area contributed by atoms with Gasteiger partial charge >= 0.3 is 5.63 Å². The number of amides is 1. The van der Waals surface area contributed by atoms with E-state index in [0.717, 1.165) is 17.7 Å². The Kier molecular flexibility index (Phi) is 5.10. The zero-order valence-corrected chi connectivity index (χ0v) is 17.4. The number of nitro benzene ring substituents is 1. The fraction of sp³-hybridized carbons (Fsp3) is 0.120. The number of nitro groups is 1. The van der Waals surface area contributed by atoms with E-state index < -0.39 is 10.5 Å². The topological polar surface area (TPSA) is 103 Å². The Balaban J connectivity index is 1.38. The largest absolute Gasteiger partial charge is 0.484 e. The number of anilines is 1. The van der Waals surface area contributed by atoms with Crippen molar-refractivity contribution in [2.75, 3.05) is 18.1 Å². The Labute approximate surface area is 187 Å². The van der Waals surface area contributed by atoms with Crippen LogP contribution in [0.5, 0.6) is 5.75 Å². The normalized spacial score (nSPS) is 12.5. The molecule has 0 radical (unpaired) electrons. The summed E-state index contributed by atoms with van der Waals surface area (Å²) in [6.07, 6.45) is 0.814. The predicted octanol–water partition coefficient (Wildman–Crippen LogP) is 4.34. The number of non-ortho nitro benzene ring substituents is 1. The molecule has 1 aromatic heterocycles. The highest BCUT2D eigenvalue weighted by Crippen LogP contribution is 2.31. The van der Waals surface area contributed by atoms with E-state index in [9.17, 15) is 19.7 Å². The van der Waals surface area contributed by atoms with Gasteiger partial charge in [0.25, 0.3) is 11.6 Å². The standard InChI is InChI=1S/C25H18N2O6/c28-24(26-12-11-17-3-1-2-4-22(17)26)15-32-19-9-10-20-21(14-25(29)33-23(20)13-19)16-5-7-18(8-6-16)27(30)31/h1-10,13-14H,11-12,15H2. The molecule has 0 unspecified atom stereocenters. The van der Waals surface area contributed by atoms with Crippen molar-refractivity contribution in [3.8, 4) is 16.9 Å². The number of rotatable bonds is 5. The van der Waals surface area contributed by atoms with Crippen molar-refractivity contribution >= 4 is 28.3 Å². The third kappa shape index (κ3) is 3.94. The molecule has 8 heteroatoms. The average molecular weight is 442 g/mol. The van der Waals surface area contributed by atoms with Gasteiger partial charge in [-0.1, -0.05) is 18.2 Å². The second-order valence-electron chi connectivity index (χ2n) is 7.65. The highest BCUT2D eigenvalue weighted by Gasteiger charge is 2.24. The van der Waals surface area contributed by atoms with E-state index >= 15 is 0 Å². The van der Waals surface area contributed by atoms with Gasteiger partial charge in [0.1, 0.15) is 11.3 Å². The molecule has 0 fully saturated rings. The van der Waals surface area contributed by atoms with Crippen LogP contribution in [0, 0.1) is 10.1 Å². The number of para-hydroxylation sites is 1. The second-order valence-corrected chi connectivity index (χ2v) is 7.65. The molecule has 0 saturated heterocycles. The highest BCUT2D eigenvalue weighted by molar-refractivity contribution is 5.97. The maximum Gasteiger partial charge on any atom is 0.336 e. The number of benzene rings is 3. The lowest BCUT2D eigenvalue weighted by Gasteiger charge is -2.17. The molecule has 1 amide bonds. The molecule has 8 nitrogen and oxygen atoms in total. The molecule has 0 N–H and O–H groups in total. The first-order valence-electron chi connectivity index (χ1n) is 10.3. The summed E-state index contributed by atoms with van der Waals surface area (Å²) in [7, 11) is 0. The Morgan fingerprint density at radius 1 is 1.06 bits per heavy atom. The average Bonchev–Trinajstić information content (AvgIpc) is 3.26. The first-order chi connectivity index (χ1) is 16.0. The third-order valence-electron chi connectivity index (χ3n) is 5.66. The van der Waals surface area contributed by atoms with E-state index in [2.05, 4.69) is 0 Å². The minimum absolute atomic E-state index is 0.0352. The Bertz CT molecular complexity index is 1440. The molecule has 0 bridgehead atoms. The van der Waals surface area contributed by atoms with Gasteiger partial charge in [-0.3, -0.25) is 14.9 Å². The van der Waals surface area contributed by atoms with Crippen LogP contribution in [0.15, 0.2) is 82.0 Å². The molecule has 5 rings (SSSR count). The minimum atomic E-state index is -0.558. The minimum Gasteiger partial charge on any atom is -0.484 e. The van der Waals surface area contributed by atoms with E-state index in [-0.39, 0.29) is 18.2 Å². The number of carbonyl (C=O) groups excluding carboxylic acids is 1. The molecule has 1 aliphatic heterocycles. The van der Waals surface area contributed by atoms with Crippen LogP contribution < -0.4 is 15.3 Å². The first kappa shape index (κ1) is 20.4. The summed E-state index contributed by atoms with van der Waals surface area (Å²) in [5.74, 6) is 0.244. The van der Waals surface area contributed by atoms with Crippen molar-refractivity contribution in [1.82, 2.24) is 0 Å². The summed E-state index contributed by atoms with van der Waals surface area (Å²) in [6, 6.07) is 20.1. The zero-order valence-electron chi connectivity index (χ0n) is 17.4. The molecule has 0 aliphatic carbocycles. The lowest BCUT2D eigenvalue weighted by atomic mass is 10.0. The second kappa shape index (κ2) is 8.23. The molecular formula is C25H18N2O6. The molecule has 0 spiro atoms. The van der Waals surface area contributed by atoms with Crippen LogP contribution in [0.3, 0.4) is 0 Å². The van der Waals surface area contributed by atoms with Crippen molar-refractivity contribution < 1.29 is 18.9 Å². The summed E-state index contributed by atoms with van der Waals surface area (Å²) >= 11 is 0. The van der Waals surface area contributed by atoms with Gasteiger partial charge in [0.2, 0.25) is 0 Å². The predicted molar refractivity (Wildman–Crippen MR) is 123 cm³/mol. The van der Waals surface area contributed by atoms with E-state index in [0.29, 0.717) is 34.4 Å². The highest BCUT2D eigenvalue weighted by atomic mass is 16.6. The van der Waals surface area contributed by atoms with Crippen LogP contribution in [-0.4, -0.2) is 24.0 Å². The quantitative estimate of drug-likeness (QED) is 0.259. The Morgan fingerprint density at radius 2 is 1.85 bits per heavy atom. The Hall–Kier alpha value is -4.46. The van der Waals surface area contributed by atoms with Crippen LogP contribution in [0.1, 0.15) is 5.56 Å². The van der Waals surface area contributed by atoms with Gasteiger partial charge in [0, 0.05) is 41.9 Å². The van der Waals surface area contributed by atoms with Gasteiger partial charge in [-0.25, -0.2) is 4.79 Å². The third-order valence-corrected chi connectivity index (χ3v) is 5.66. The summed E-state index contributed by atoms with van der Waals surface area (Å²) in [4.78, 5) is 37.0. The van der Waals surface area contributed by atoms with Crippen molar-refractivity contribution in [2.45, 2.75) is 6.42 Å².